The van der Waals surface area contributed by atoms with Gasteiger partial charge in [0.25, 0.3) is 0 Å². The summed E-state index contributed by atoms with van der Waals surface area (Å²) in [7, 11) is 1.67. The van der Waals surface area contributed by atoms with Crippen molar-refractivity contribution < 1.29 is 4.74 Å². The summed E-state index contributed by atoms with van der Waals surface area (Å²) in [6.45, 7) is 1.25. The fourth-order valence-electron chi connectivity index (χ4n) is 2.53. The molecule has 7 nitrogen and oxygen atoms in total. The summed E-state index contributed by atoms with van der Waals surface area (Å²) in [6.07, 6.45) is 6.68. The molecule has 0 amide bonds. The van der Waals surface area contributed by atoms with Crippen LogP contribution in [0.4, 0.5) is 5.82 Å². The molecule has 0 aliphatic heterocycles. The van der Waals surface area contributed by atoms with Gasteiger partial charge in [-0.3, -0.25) is 4.40 Å². The lowest BCUT2D eigenvalue weighted by Gasteiger charge is -2.09. The monoisotopic (exact) mass is 328 g/mol. The van der Waals surface area contributed by atoms with E-state index >= 15 is 0 Å². The van der Waals surface area contributed by atoms with Crippen LogP contribution in [0.2, 0.25) is 0 Å². The Balaban J connectivity index is 1.50. The highest BCUT2D eigenvalue weighted by Crippen LogP contribution is 2.14. The number of imidazole rings is 1. The zero-order valence-corrected chi connectivity index (χ0v) is 13.5. The molecule has 0 radical (unpaired) electrons. The molecule has 4 rings (SSSR count). The van der Waals surface area contributed by atoms with Crippen molar-refractivity contribution in [1.82, 2.24) is 24.0 Å². The standard InChI is InChI=1S/C15H16N6OS/c1-22-10-12-8-14(21-13(18-12)3-5-17-21)16-4-2-11-9-20-6-7-23-15(20)19-11/h3,5-9,16H,2,4,10H2,1H3. The van der Waals surface area contributed by atoms with Gasteiger partial charge in [-0.1, -0.05) is 0 Å². The molecule has 4 aromatic rings. The summed E-state index contributed by atoms with van der Waals surface area (Å²) in [6, 6.07) is 3.85. The van der Waals surface area contributed by atoms with Crippen LogP contribution in [0.25, 0.3) is 10.6 Å². The van der Waals surface area contributed by atoms with Crippen LogP contribution in [0.3, 0.4) is 0 Å². The molecule has 0 aliphatic rings. The van der Waals surface area contributed by atoms with Crippen LogP contribution in [-0.2, 0) is 17.8 Å². The van der Waals surface area contributed by atoms with Crippen LogP contribution in [0.15, 0.2) is 36.1 Å². The summed E-state index contributed by atoms with van der Waals surface area (Å²) in [5.41, 5.74) is 2.77. The lowest BCUT2D eigenvalue weighted by Crippen LogP contribution is -2.11. The summed E-state index contributed by atoms with van der Waals surface area (Å²) < 4.78 is 9.02. The minimum atomic E-state index is 0.480. The molecule has 8 heteroatoms. The Hall–Kier alpha value is -2.45. The lowest BCUT2D eigenvalue weighted by atomic mass is 10.3. The Morgan fingerprint density at radius 2 is 2.26 bits per heavy atom. The van der Waals surface area contributed by atoms with E-state index in [4.69, 9.17) is 4.74 Å². The van der Waals surface area contributed by atoms with Crippen LogP contribution in [0.1, 0.15) is 11.4 Å². The van der Waals surface area contributed by atoms with E-state index < -0.39 is 0 Å². The van der Waals surface area contributed by atoms with Gasteiger partial charge in [-0.15, -0.1) is 11.3 Å². The molecule has 0 fully saturated rings. The van der Waals surface area contributed by atoms with Crippen LogP contribution in [0, 0.1) is 0 Å². The summed E-state index contributed by atoms with van der Waals surface area (Å²) in [5, 5.41) is 9.76. The van der Waals surface area contributed by atoms with Crippen molar-refractivity contribution in [2.75, 3.05) is 19.0 Å². The smallest absolute Gasteiger partial charge is 0.193 e. The highest BCUT2D eigenvalue weighted by molar-refractivity contribution is 7.15. The number of rotatable bonds is 6. The fraction of sp³-hybridized carbons (Fsp3) is 0.267. The molecule has 4 heterocycles. The van der Waals surface area contributed by atoms with Crippen LogP contribution >= 0.6 is 11.3 Å². The van der Waals surface area contributed by atoms with Gasteiger partial charge in [-0.25, -0.2) is 9.97 Å². The van der Waals surface area contributed by atoms with Gasteiger partial charge in [0.1, 0.15) is 5.82 Å². The SMILES string of the molecule is COCc1cc(NCCc2cn3ccsc3n2)n2nccc2n1. The van der Waals surface area contributed by atoms with E-state index in [9.17, 15) is 0 Å². The number of fused-ring (bicyclic) bond motifs is 2. The number of hydrogen-bond acceptors (Lipinski definition) is 6. The van der Waals surface area contributed by atoms with Gasteiger partial charge in [0.05, 0.1) is 24.2 Å². The third-order valence-corrected chi connectivity index (χ3v) is 4.31. The summed E-state index contributed by atoms with van der Waals surface area (Å²) >= 11 is 1.64. The molecule has 0 bridgehead atoms. The van der Waals surface area contributed by atoms with Gasteiger partial charge in [0.2, 0.25) is 0 Å². The third-order valence-electron chi connectivity index (χ3n) is 3.54. The second-order valence-corrected chi connectivity index (χ2v) is 6.04. The van der Waals surface area contributed by atoms with Crippen molar-refractivity contribution >= 4 is 27.8 Å². The Morgan fingerprint density at radius 3 is 3.13 bits per heavy atom. The second kappa shape index (κ2) is 5.98. The molecule has 0 aromatic carbocycles. The number of nitrogens with zero attached hydrogens (tertiary/aromatic N) is 5. The number of aromatic nitrogens is 5. The van der Waals surface area contributed by atoms with E-state index in [0.29, 0.717) is 6.61 Å². The van der Waals surface area contributed by atoms with Crippen LogP contribution in [-0.4, -0.2) is 37.6 Å². The van der Waals surface area contributed by atoms with E-state index in [0.717, 1.165) is 40.8 Å². The molecule has 0 saturated heterocycles. The molecule has 0 spiro atoms. The Bertz CT molecular complexity index is 911. The molecule has 118 valence electrons. The fourth-order valence-corrected chi connectivity index (χ4v) is 3.25. The zero-order chi connectivity index (χ0) is 15.6. The second-order valence-electron chi connectivity index (χ2n) is 5.17. The van der Waals surface area contributed by atoms with E-state index in [1.165, 1.54) is 0 Å². The maximum Gasteiger partial charge on any atom is 0.193 e. The average molecular weight is 328 g/mol. The molecular weight excluding hydrogens is 312 g/mol. The van der Waals surface area contributed by atoms with Crippen molar-refractivity contribution in [3.8, 4) is 0 Å². The molecule has 0 saturated carbocycles. The van der Waals surface area contributed by atoms with Gasteiger partial charge < -0.3 is 10.1 Å². The minimum Gasteiger partial charge on any atom is -0.378 e. The maximum absolute atomic E-state index is 5.18. The average Bonchev–Trinajstić information content (AvgIpc) is 3.22. The normalized spacial score (nSPS) is 11.5. The van der Waals surface area contributed by atoms with E-state index in [-0.39, 0.29) is 0 Å². The van der Waals surface area contributed by atoms with Gasteiger partial charge in [-0.2, -0.15) is 9.61 Å². The number of hydrogen-bond donors (Lipinski definition) is 1. The largest absolute Gasteiger partial charge is 0.378 e. The molecule has 0 unspecified atom stereocenters. The third kappa shape index (κ3) is 2.78. The van der Waals surface area contributed by atoms with E-state index in [1.807, 2.05) is 23.7 Å². The highest BCUT2D eigenvalue weighted by Gasteiger charge is 2.07. The van der Waals surface area contributed by atoms with Crippen molar-refractivity contribution in [1.29, 1.82) is 0 Å². The van der Waals surface area contributed by atoms with Gasteiger partial charge >= 0.3 is 0 Å². The zero-order valence-electron chi connectivity index (χ0n) is 12.6. The topological polar surface area (TPSA) is 68.8 Å². The Labute approximate surface area is 136 Å². The van der Waals surface area contributed by atoms with Crippen molar-refractivity contribution in [2.45, 2.75) is 13.0 Å². The summed E-state index contributed by atoms with van der Waals surface area (Å²) in [5.74, 6) is 0.910. The predicted molar refractivity (Wildman–Crippen MR) is 89.0 cm³/mol. The molecule has 0 aliphatic carbocycles. The predicted octanol–water partition coefficient (Wildman–Crippen LogP) is 2.24. The molecular formula is C15H16N6OS. The highest BCUT2D eigenvalue weighted by atomic mass is 32.1. The first-order valence-corrected chi connectivity index (χ1v) is 8.19. The van der Waals surface area contributed by atoms with Crippen molar-refractivity contribution in [2.24, 2.45) is 0 Å². The maximum atomic E-state index is 5.18. The molecule has 1 N–H and O–H groups in total. The van der Waals surface area contributed by atoms with Gasteiger partial charge in [0.15, 0.2) is 10.6 Å². The molecule has 0 atom stereocenters. The minimum absolute atomic E-state index is 0.480. The Kier molecular flexibility index (Phi) is 3.68. The number of nitrogens with one attached hydrogen (secondary N) is 1. The molecule has 4 aromatic heterocycles. The van der Waals surface area contributed by atoms with E-state index in [1.54, 1.807) is 29.2 Å². The first-order valence-electron chi connectivity index (χ1n) is 7.31. The van der Waals surface area contributed by atoms with Gasteiger partial charge in [0, 0.05) is 50.0 Å². The number of ether oxygens (including phenoxy) is 1. The van der Waals surface area contributed by atoms with Crippen LogP contribution < -0.4 is 5.32 Å². The quantitative estimate of drug-likeness (QED) is 0.588. The van der Waals surface area contributed by atoms with Crippen LogP contribution in [0.5, 0.6) is 0 Å². The van der Waals surface area contributed by atoms with Crippen molar-refractivity contribution in [3.63, 3.8) is 0 Å². The van der Waals surface area contributed by atoms with E-state index in [2.05, 4.69) is 31.0 Å². The number of anilines is 1. The number of thiazole rings is 1. The first-order chi connectivity index (χ1) is 11.3. The molecule has 23 heavy (non-hydrogen) atoms. The van der Waals surface area contributed by atoms with Gasteiger partial charge in [-0.05, 0) is 0 Å². The number of methoxy groups -OCH3 is 1. The lowest BCUT2D eigenvalue weighted by molar-refractivity contribution is 0.181. The first kappa shape index (κ1) is 14.2. The Morgan fingerprint density at radius 1 is 1.30 bits per heavy atom. The summed E-state index contributed by atoms with van der Waals surface area (Å²) in [4.78, 5) is 10.1. The van der Waals surface area contributed by atoms with Crippen molar-refractivity contribution in [3.05, 3.63) is 47.5 Å².